The molecule has 21 heavy (non-hydrogen) atoms. The number of nitrogens with zero attached hydrogens (tertiary/aromatic N) is 2. The molecule has 0 saturated heterocycles. The van der Waals surface area contributed by atoms with Crippen LogP contribution < -0.4 is 16.8 Å². The van der Waals surface area contributed by atoms with Gasteiger partial charge in [-0.3, -0.25) is 4.79 Å². The second kappa shape index (κ2) is 5.96. The smallest absolute Gasteiger partial charge is 0.316 e. The van der Waals surface area contributed by atoms with Crippen LogP contribution in [0.1, 0.15) is 23.0 Å². The van der Waals surface area contributed by atoms with Crippen LogP contribution in [0.15, 0.2) is 28.9 Å². The van der Waals surface area contributed by atoms with E-state index in [1.807, 2.05) is 25.1 Å². The molecule has 0 fully saturated rings. The molecule has 0 radical (unpaired) electrons. The highest BCUT2D eigenvalue weighted by molar-refractivity contribution is 9.10. The molecule has 2 rings (SSSR count). The molecule has 5 N–H and O–H groups in total. The summed E-state index contributed by atoms with van der Waals surface area (Å²) in [6, 6.07) is 4.89. The molecule has 1 heterocycles. The predicted molar refractivity (Wildman–Crippen MR) is 82.4 cm³/mol. The molecular weight excluding hydrogens is 338 g/mol. The highest BCUT2D eigenvalue weighted by atomic mass is 79.9. The van der Waals surface area contributed by atoms with Gasteiger partial charge in [-0.25, -0.2) is 9.48 Å². The van der Waals surface area contributed by atoms with Crippen LogP contribution in [0.2, 0.25) is 0 Å². The fourth-order valence-corrected chi connectivity index (χ4v) is 2.37. The average Bonchev–Trinajstić information content (AvgIpc) is 2.81. The normalized spacial score (nSPS) is 10.4. The highest BCUT2D eigenvalue weighted by Gasteiger charge is 2.17. The van der Waals surface area contributed by atoms with Gasteiger partial charge in [-0.05, 0) is 30.2 Å². The van der Waals surface area contributed by atoms with Gasteiger partial charge in [-0.2, -0.15) is 5.10 Å². The molecule has 110 valence electrons. The standard InChI is InChI=1S/C13H14BrN5O2/c1-2-7-5-8(14)3-4-10(7)19-6-9(17-13(16)21)11(18-19)12(15)20/h3-6H,2H2,1H3,(H2,15,20)(H3,16,17,21). The summed E-state index contributed by atoms with van der Waals surface area (Å²) in [4.78, 5) is 22.4. The molecule has 1 aromatic heterocycles. The molecule has 0 unspecified atom stereocenters. The summed E-state index contributed by atoms with van der Waals surface area (Å²) in [5.41, 5.74) is 12.3. The SMILES string of the molecule is CCc1cc(Br)ccc1-n1cc(NC(N)=O)c(C(N)=O)n1. The Balaban J connectivity index is 2.54. The number of benzene rings is 1. The van der Waals surface area contributed by atoms with Crippen molar-refractivity contribution in [2.75, 3.05) is 5.32 Å². The Morgan fingerprint density at radius 3 is 2.67 bits per heavy atom. The first kappa shape index (κ1) is 15.0. The molecule has 0 bridgehead atoms. The van der Waals surface area contributed by atoms with Crippen LogP contribution in [-0.2, 0) is 6.42 Å². The zero-order valence-corrected chi connectivity index (χ0v) is 12.8. The Labute approximate surface area is 129 Å². The lowest BCUT2D eigenvalue weighted by atomic mass is 10.1. The lowest BCUT2D eigenvalue weighted by molar-refractivity contribution is 0.0996. The number of hydrogen-bond acceptors (Lipinski definition) is 3. The first-order valence-corrected chi connectivity index (χ1v) is 6.96. The van der Waals surface area contributed by atoms with E-state index in [2.05, 4.69) is 26.3 Å². The Morgan fingerprint density at radius 2 is 2.10 bits per heavy atom. The van der Waals surface area contributed by atoms with Crippen LogP contribution in [0.5, 0.6) is 0 Å². The molecule has 0 saturated carbocycles. The van der Waals surface area contributed by atoms with Crippen molar-refractivity contribution in [3.8, 4) is 5.69 Å². The zero-order valence-electron chi connectivity index (χ0n) is 11.3. The van der Waals surface area contributed by atoms with Gasteiger partial charge >= 0.3 is 6.03 Å². The Kier molecular flexibility index (Phi) is 4.27. The Bertz CT molecular complexity index is 711. The van der Waals surface area contributed by atoms with Gasteiger partial charge in [-0.1, -0.05) is 22.9 Å². The number of aryl methyl sites for hydroxylation is 1. The van der Waals surface area contributed by atoms with Gasteiger partial charge in [0.05, 0.1) is 17.6 Å². The third kappa shape index (κ3) is 3.22. The summed E-state index contributed by atoms with van der Waals surface area (Å²) in [6.07, 6.45) is 2.28. The van der Waals surface area contributed by atoms with E-state index >= 15 is 0 Å². The number of carbonyl (C=O) groups is 2. The fourth-order valence-electron chi connectivity index (χ4n) is 1.96. The maximum atomic E-state index is 11.4. The van der Waals surface area contributed by atoms with E-state index < -0.39 is 11.9 Å². The first-order valence-electron chi connectivity index (χ1n) is 6.17. The number of nitrogens with two attached hydrogens (primary N) is 2. The zero-order chi connectivity index (χ0) is 15.6. The first-order chi connectivity index (χ1) is 9.92. The lowest BCUT2D eigenvalue weighted by Gasteiger charge is -2.08. The lowest BCUT2D eigenvalue weighted by Crippen LogP contribution is -2.22. The number of anilines is 1. The monoisotopic (exact) mass is 351 g/mol. The van der Waals surface area contributed by atoms with Crippen molar-refractivity contribution in [1.29, 1.82) is 0 Å². The Hall–Kier alpha value is -2.35. The number of hydrogen-bond donors (Lipinski definition) is 3. The molecular formula is C13H14BrN5O2. The molecule has 8 heteroatoms. The van der Waals surface area contributed by atoms with Gasteiger partial charge < -0.3 is 16.8 Å². The van der Waals surface area contributed by atoms with E-state index in [-0.39, 0.29) is 11.4 Å². The molecule has 2 aromatic rings. The Morgan fingerprint density at radius 1 is 1.38 bits per heavy atom. The number of rotatable bonds is 4. The molecule has 1 aromatic carbocycles. The van der Waals surface area contributed by atoms with E-state index in [0.29, 0.717) is 0 Å². The largest absolute Gasteiger partial charge is 0.364 e. The van der Waals surface area contributed by atoms with E-state index in [9.17, 15) is 9.59 Å². The minimum Gasteiger partial charge on any atom is -0.364 e. The van der Waals surface area contributed by atoms with E-state index in [1.54, 1.807) is 0 Å². The quantitative estimate of drug-likeness (QED) is 0.779. The van der Waals surface area contributed by atoms with Crippen LogP contribution in [0.4, 0.5) is 10.5 Å². The minimum absolute atomic E-state index is 0.0428. The van der Waals surface area contributed by atoms with Gasteiger partial charge in [-0.15, -0.1) is 0 Å². The molecule has 7 nitrogen and oxygen atoms in total. The van der Waals surface area contributed by atoms with Crippen molar-refractivity contribution < 1.29 is 9.59 Å². The number of aromatic nitrogens is 2. The van der Waals surface area contributed by atoms with Crippen molar-refractivity contribution in [1.82, 2.24) is 9.78 Å². The number of amides is 3. The summed E-state index contributed by atoms with van der Waals surface area (Å²) in [5.74, 6) is -0.743. The average molecular weight is 352 g/mol. The molecule has 0 aliphatic heterocycles. The summed E-state index contributed by atoms with van der Waals surface area (Å²) in [5, 5.41) is 6.47. The topological polar surface area (TPSA) is 116 Å². The number of carbonyl (C=O) groups excluding carboxylic acids is 2. The van der Waals surface area contributed by atoms with E-state index in [0.717, 1.165) is 22.1 Å². The predicted octanol–water partition coefficient (Wildman–Crippen LogP) is 1.79. The van der Waals surface area contributed by atoms with Crippen molar-refractivity contribution in [3.63, 3.8) is 0 Å². The maximum absolute atomic E-state index is 11.4. The number of nitrogens with one attached hydrogen (secondary N) is 1. The highest BCUT2D eigenvalue weighted by Crippen LogP contribution is 2.23. The van der Waals surface area contributed by atoms with Gasteiger partial charge in [0.25, 0.3) is 5.91 Å². The number of urea groups is 1. The minimum atomic E-state index is -0.788. The van der Waals surface area contributed by atoms with Gasteiger partial charge in [0.1, 0.15) is 0 Å². The van der Waals surface area contributed by atoms with Crippen LogP contribution in [0.25, 0.3) is 5.69 Å². The summed E-state index contributed by atoms with van der Waals surface area (Å²) in [6.45, 7) is 2.01. The number of halogens is 1. The fraction of sp³-hybridized carbons (Fsp3) is 0.154. The van der Waals surface area contributed by atoms with Gasteiger partial charge in [0.15, 0.2) is 5.69 Å². The second-order valence-corrected chi connectivity index (χ2v) is 5.23. The summed E-state index contributed by atoms with van der Waals surface area (Å²) in [7, 11) is 0. The second-order valence-electron chi connectivity index (χ2n) is 4.32. The van der Waals surface area contributed by atoms with E-state index in [1.165, 1.54) is 10.9 Å². The third-order valence-electron chi connectivity index (χ3n) is 2.87. The molecule has 3 amide bonds. The van der Waals surface area contributed by atoms with Crippen LogP contribution in [0, 0.1) is 0 Å². The van der Waals surface area contributed by atoms with Crippen molar-refractivity contribution in [2.24, 2.45) is 11.5 Å². The van der Waals surface area contributed by atoms with Crippen molar-refractivity contribution >= 4 is 33.6 Å². The van der Waals surface area contributed by atoms with Crippen LogP contribution in [-0.4, -0.2) is 21.7 Å². The summed E-state index contributed by atoms with van der Waals surface area (Å²) < 4.78 is 2.44. The third-order valence-corrected chi connectivity index (χ3v) is 3.37. The molecule has 0 spiro atoms. The van der Waals surface area contributed by atoms with Crippen LogP contribution in [0.3, 0.4) is 0 Å². The number of primary amides is 2. The molecule has 0 aliphatic carbocycles. The van der Waals surface area contributed by atoms with Gasteiger partial charge in [0, 0.05) is 4.47 Å². The maximum Gasteiger partial charge on any atom is 0.316 e. The molecule has 0 atom stereocenters. The van der Waals surface area contributed by atoms with Crippen molar-refractivity contribution in [3.05, 3.63) is 40.1 Å². The van der Waals surface area contributed by atoms with E-state index in [4.69, 9.17) is 11.5 Å². The van der Waals surface area contributed by atoms with Crippen LogP contribution >= 0.6 is 15.9 Å². The van der Waals surface area contributed by atoms with Crippen molar-refractivity contribution in [2.45, 2.75) is 13.3 Å². The summed E-state index contributed by atoms with van der Waals surface area (Å²) >= 11 is 3.41. The van der Waals surface area contributed by atoms with Gasteiger partial charge in [0.2, 0.25) is 0 Å². The molecule has 0 aliphatic rings.